The van der Waals surface area contributed by atoms with Crippen molar-refractivity contribution in [2.45, 2.75) is 169 Å². The number of hydrogen-bond acceptors (Lipinski definition) is 0. The topological polar surface area (TPSA) is 0 Å². The van der Waals surface area contributed by atoms with Crippen molar-refractivity contribution in [3.8, 4) is 22.3 Å². The Morgan fingerprint density at radius 2 is 0.750 bits per heavy atom. The quantitative estimate of drug-likeness (QED) is 0.0361. The summed E-state index contributed by atoms with van der Waals surface area (Å²) in [5.41, 5.74) is 11.4. The van der Waals surface area contributed by atoms with Crippen molar-refractivity contribution in [2.24, 2.45) is 0 Å². The zero-order valence-electron chi connectivity index (χ0n) is 38.3. The van der Waals surface area contributed by atoms with Crippen LogP contribution < -0.4 is 0 Å². The summed E-state index contributed by atoms with van der Waals surface area (Å²) in [4.78, 5) is 0. The number of aryl methyl sites for hydroxylation is 4. The van der Waals surface area contributed by atoms with E-state index in [2.05, 4.69) is 150 Å². The summed E-state index contributed by atoms with van der Waals surface area (Å²) < 4.78 is 0. The van der Waals surface area contributed by atoms with Crippen LogP contribution >= 0.6 is 17.0 Å². The third-order valence-corrected chi connectivity index (χ3v) is 11.4. The molecule has 6 aromatic rings. The first-order valence-electron chi connectivity index (χ1n) is 23.6. The molecule has 0 heterocycles. The fourth-order valence-corrected chi connectivity index (χ4v) is 8.11. The Bertz CT molecular complexity index is 1810. The third-order valence-electron chi connectivity index (χ3n) is 11.4. The molecule has 60 heavy (non-hydrogen) atoms. The van der Waals surface area contributed by atoms with Crippen molar-refractivity contribution >= 4 is 48.1 Å². The standard InChI is InChI=1S/2C27H35.C2H6Si.2ClH.Zr/c2*1-3-5-7-9-12-22-16-18-24(19-17-22)26-15-11-14-25-20-23(21-27(25)26)13-10-8-6-4-2;1-3-2;;;/h2*11,14-21H,3-10,12-13H2,1-2H3;1-2H3;2*1H;/q2*-1;;;;+4/p-2. The molecule has 6 rings (SSSR count). The third kappa shape index (κ3) is 19.0. The molecule has 0 nitrogen and oxygen atoms in total. The summed E-state index contributed by atoms with van der Waals surface area (Å²) in [5, 5.41) is 5.61. The van der Waals surface area contributed by atoms with Crippen LogP contribution in [0.15, 0.2) is 109 Å². The van der Waals surface area contributed by atoms with Gasteiger partial charge in [0.2, 0.25) is 0 Å². The minimum absolute atomic E-state index is 0.826. The van der Waals surface area contributed by atoms with E-state index in [1.165, 1.54) is 194 Å². The molecular formula is C56H76Cl2SiZr. The van der Waals surface area contributed by atoms with Crippen molar-refractivity contribution in [1.82, 2.24) is 0 Å². The molecule has 322 valence electrons. The summed E-state index contributed by atoms with van der Waals surface area (Å²) in [6.45, 7) is 13.4. The Kier molecular flexibility index (Phi) is 28.2. The molecule has 2 radical (unpaired) electrons. The van der Waals surface area contributed by atoms with Crippen LogP contribution in [0.5, 0.6) is 0 Å². The molecule has 0 amide bonds. The predicted molar refractivity (Wildman–Crippen MR) is 271 cm³/mol. The normalized spacial score (nSPS) is 10.7. The van der Waals surface area contributed by atoms with E-state index >= 15 is 0 Å². The number of halogens is 2. The molecule has 0 aromatic heterocycles. The van der Waals surface area contributed by atoms with Gasteiger partial charge in [-0.05, 0) is 60.8 Å². The molecule has 0 saturated heterocycles. The number of benzene rings is 4. The molecule has 0 saturated carbocycles. The first-order chi connectivity index (χ1) is 29.5. The monoisotopic (exact) mass is 936 g/mol. The van der Waals surface area contributed by atoms with E-state index in [1.807, 2.05) is 0 Å². The number of hydrogen-bond donors (Lipinski definition) is 0. The maximum absolute atomic E-state index is 4.93. The van der Waals surface area contributed by atoms with Crippen LogP contribution in [0.4, 0.5) is 0 Å². The van der Waals surface area contributed by atoms with E-state index in [4.69, 9.17) is 17.0 Å². The van der Waals surface area contributed by atoms with Gasteiger partial charge >= 0.3 is 37.9 Å². The fourth-order valence-electron chi connectivity index (χ4n) is 8.11. The van der Waals surface area contributed by atoms with Gasteiger partial charge in [-0.3, -0.25) is 0 Å². The van der Waals surface area contributed by atoms with Gasteiger partial charge in [0, 0.05) is 9.52 Å². The summed E-state index contributed by atoms with van der Waals surface area (Å²) in [5.74, 6) is 0. The summed E-state index contributed by atoms with van der Waals surface area (Å²) in [6.07, 6.45) is 26.2. The van der Waals surface area contributed by atoms with Crippen LogP contribution in [0.2, 0.25) is 13.1 Å². The van der Waals surface area contributed by atoms with Gasteiger partial charge in [0.15, 0.2) is 0 Å². The fraction of sp³-hybridized carbons (Fsp3) is 0.464. The first kappa shape index (κ1) is 52.1. The molecule has 0 N–H and O–H groups in total. The molecule has 0 unspecified atom stereocenters. The second-order valence-electron chi connectivity index (χ2n) is 16.6. The predicted octanol–water partition coefficient (Wildman–Crippen LogP) is 19.1. The maximum atomic E-state index is 4.93. The van der Waals surface area contributed by atoms with Crippen LogP contribution in [-0.4, -0.2) is 9.52 Å². The minimum atomic E-state index is -0.826. The van der Waals surface area contributed by atoms with Crippen LogP contribution in [0.1, 0.15) is 153 Å². The van der Waals surface area contributed by atoms with Gasteiger partial charge in [0.1, 0.15) is 0 Å². The Hall–Kier alpha value is -2.22. The van der Waals surface area contributed by atoms with Gasteiger partial charge in [-0.25, -0.2) is 0 Å². The van der Waals surface area contributed by atoms with E-state index in [-0.39, 0.29) is 0 Å². The van der Waals surface area contributed by atoms with Crippen LogP contribution in [-0.2, 0) is 46.5 Å². The molecule has 0 aliphatic heterocycles. The number of unbranched alkanes of at least 4 members (excludes halogenated alkanes) is 12. The van der Waals surface area contributed by atoms with Crippen LogP contribution in [0, 0.1) is 0 Å². The number of fused-ring (bicyclic) bond motifs is 2. The van der Waals surface area contributed by atoms with E-state index in [9.17, 15) is 0 Å². The Balaban J connectivity index is 0.000000283. The zero-order valence-corrected chi connectivity index (χ0v) is 43.3. The molecule has 4 heteroatoms. The van der Waals surface area contributed by atoms with Crippen molar-refractivity contribution in [2.75, 3.05) is 0 Å². The average molecular weight is 939 g/mol. The van der Waals surface area contributed by atoms with Gasteiger partial charge < -0.3 is 0 Å². The van der Waals surface area contributed by atoms with E-state index < -0.39 is 20.8 Å². The Morgan fingerprint density at radius 1 is 0.433 bits per heavy atom. The van der Waals surface area contributed by atoms with Crippen LogP contribution in [0.3, 0.4) is 0 Å². The van der Waals surface area contributed by atoms with Crippen molar-refractivity contribution in [3.63, 3.8) is 0 Å². The molecule has 0 fully saturated rings. The van der Waals surface area contributed by atoms with Crippen molar-refractivity contribution < 1.29 is 20.8 Å². The molecule has 0 bridgehead atoms. The van der Waals surface area contributed by atoms with E-state index in [1.54, 1.807) is 0 Å². The van der Waals surface area contributed by atoms with Crippen molar-refractivity contribution in [3.05, 3.63) is 131 Å². The molecular weight excluding hydrogens is 863 g/mol. The molecule has 6 aromatic carbocycles. The second kappa shape index (κ2) is 32.5. The average Bonchev–Trinajstić information content (AvgIpc) is 3.90. The summed E-state index contributed by atoms with van der Waals surface area (Å²) >= 11 is -0.826. The molecule has 0 spiro atoms. The van der Waals surface area contributed by atoms with E-state index in [0.717, 1.165) is 9.52 Å². The summed E-state index contributed by atoms with van der Waals surface area (Å²) in [7, 11) is 11.0. The van der Waals surface area contributed by atoms with Gasteiger partial charge in [-0.15, -0.1) is 69.1 Å². The van der Waals surface area contributed by atoms with Crippen LogP contribution in [0.25, 0.3) is 43.8 Å². The van der Waals surface area contributed by atoms with Gasteiger partial charge in [0.05, 0.1) is 0 Å². The first-order valence-corrected chi connectivity index (χ1v) is 31.9. The Morgan fingerprint density at radius 3 is 1.07 bits per heavy atom. The summed E-state index contributed by atoms with van der Waals surface area (Å²) in [6, 6.07) is 41.7. The van der Waals surface area contributed by atoms with Crippen molar-refractivity contribution in [1.29, 1.82) is 0 Å². The zero-order chi connectivity index (χ0) is 43.2. The molecule has 0 aliphatic rings. The molecule has 0 aliphatic carbocycles. The van der Waals surface area contributed by atoms with Gasteiger partial charge in [-0.1, -0.05) is 202 Å². The Labute approximate surface area is 388 Å². The van der Waals surface area contributed by atoms with Gasteiger partial charge in [0.25, 0.3) is 0 Å². The SMILES string of the molecule is CCCCCCc1ccc(-c2cccc3[cH-]c(CCCCCC)cc23)cc1.CCCCCCc1ccc(-c2cccc3[cH-]c(CCCCCC)cc23)cc1.C[Si]C.[Cl][Zr+2][Cl]. The number of rotatable bonds is 22. The second-order valence-corrected chi connectivity index (χ2v) is 21.3. The van der Waals surface area contributed by atoms with Gasteiger partial charge in [-0.2, -0.15) is 12.1 Å². The molecule has 0 atom stereocenters. The van der Waals surface area contributed by atoms with E-state index in [0.29, 0.717) is 0 Å².